The molecule has 108 valence electrons. The lowest BCUT2D eigenvalue weighted by Gasteiger charge is -2.37. The Kier molecular flexibility index (Phi) is 3.92. The van der Waals surface area contributed by atoms with Gasteiger partial charge in [0.1, 0.15) is 5.82 Å². The van der Waals surface area contributed by atoms with E-state index in [1.54, 1.807) is 13.0 Å². The first-order valence-electron chi connectivity index (χ1n) is 6.48. The van der Waals surface area contributed by atoms with Gasteiger partial charge in [-0.1, -0.05) is 12.5 Å². The smallest absolute Gasteiger partial charge is 0.319 e. The maximum absolute atomic E-state index is 13.3. The molecule has 20 heavy (non-hydrogen) atoms. The number of urea groups is 1. The highest BCUT2D eigenvalue weighted by Gasteiger charge is 2.44. The second-order valence-corrected chi connectivity index (χ2v) is 5.16. The molecule has 0 saturated heterocycles. The van der Waals surface area contributed by atoms with Gasteiger partial charge in [0.2, 0.25) is 0 Å². The Labute approximate surface area is 116 Å². The minimum atomic E-state index is -0.883. The molecule has 2 amide bonds. The third-order valence-corrected chi connectivity index (χ3v) is 3.87. The average Bonchev–Trinajstić information content (AvgIpc) is 2.33. The Morgan fingerprint density at radius 2 is 2.10 bits per heavy atom. The molecule has 0 atom stereocenters. The van der Waals surface area contributed by atoms with Crippen molar-refractivity contribution >= 4 is 17.7 Å². The van der Waals surface area contributed by atoms with Gasteiger partial charge in [-0.15, -0.1) is 0 Å². The molecule has 1 fully saturated rings. The predicted molar refractivity (Wildman–Crippen MR) is 72.1 cm³/mol. The molecular weight excluding hydrogens is 263 g/mol. The van der Waals surface area contributed by atoms with Crippen LogP contribution in [0.2, 0.25) is 0 Å². The standard InChI is InChI=1S/C14H17FN2O3/c1-9-10(15)4-2-5-11(9)17-13(20)16-8-14(12(18)19)6-3-7-14/h2,4-5H,3,6-8H2,1H3,(H,18,19)(H2,16,17,20). The van der Waals surface area contributed by atoms with Gasteiger partial charge in [0.05, 0.1) is 5.41 Å². The summed E-state index contributed by atoms with van der Waals surface area (Å²) in [5, 5.41) is 14.2. The monoisotopic (exact) mass is 280 g/mol. The molecule has 0 heterocycles. The second-order valence-electron chi connectivity index (χ2n) is 5.16. The molecule has 0 aliphatic heterocycles. The summed E-state index contributed by atoms with van der Waals surface area (Å²) in [6.45, 7) is 1.65. The van der Waals surface area contributed by atoms with Crippen molar-refractivity contribution in [2.24, 2.45) is 5.41 Å². The van der Waals surface area contributed by atoms with Crippen molar-refractivity contribution in [3.8, 4) is 0 Å². The van der Waals surface area contributed by atoms with Crippen LogP contribution in [0.1, 0.15) is 24.8 Å². The van der Waals surface area contributed by atoms with E-state index >= 15 is 0 Å². The fourth-order valence-electron chi connectivity index (χ4n) is 2.23. The number of carboxylic acids is 1. The number of amides is 2. The highest BCUT2D eigenvalue weighted by molar-refractivity contribution is 5.90. The van der Waals surface area contributed by atoms with Gasteiger partial charge < -0.3 is 15.7 Å². The number of carbonyl (C=O) groups excluding carboxylic acids is 1. The molecule has 0 bridgehead atoms. The lowest BCUT2D eigenvalue weighted by Crippen LogP contribution is -2.48. The predicted octanol–water partition coefficient (Wildman–Crippen LogP) is 2.51. The molecule has 1 saturated carbocycles. The van der Waals surface area contributed by atoms with Crippen LogP contribution < -0.4 is 10.6 Å². The van der Waals surface area contributed by atoms with Crippen LogP contribution >= 0.6 is 0 Å². The highest BCUT2D eigenvalue weighted by atomic mass is 19.1. The number of benzene rings is 1. The van der Waals surface area contributed by atoms with Gasteiger partial charge in [-0.2, -0.15) is 0 Å². The molecule has 0 spiro atoms. The number of carbonyl (C=O) groups is 2. The Morgan fingerprint density at radius 3 is 2.65 bits per heavy atom. The molecular formula is C14H17FN2O3. The van der Waals surface area contributed by atoms with Crippen molar-refractivity contribution in [2.45, 2.75) is 26.2 Å². The van der Waals surface area contributed by atoms with Gasteiger partial charge in [-0.3, -0.25) is 4.79 Å². The molecule has 5 nitrogen and oxygen atoms in total. The fraction of sp³-hybridized carbons (Fsp3) is 0.429. The summed E-state index contributed by atoms with van der Waals surface area (Å²) in [7, 11) is 0. The van der Waals surface area contributed by atoms with Crippen molar-refractivity contribution in [3.63, 3.8) is 0 Å². The first kappa shape index (κ1) is 14.3. The molecule has 1 aromatic carbocycles. The number of hydrogen-bond acceptors (Lipinski definition) is 2. The van der Waals surface area contributed by atoms with E-state index in [1.165, 1.54) is 12.1 Å². The summed E-state index contributed by atoms with van der Waals surface area (Å²) in [5.41, 5.74) is -0.117. The Morgan fingerprint density at radius 1 is 1.40 bits per heavy atom. The Hall–Kier alpha value is -2.11. The average molecular weight is 280 g/mol. The lowest BCUT2D eigenvalue weighted by molar-refractivity contribution is -0.153. The van der Waals surface area contributed by atoms with Gasteiger partial charge in [0.25, 0.3) is 0 Å². The van der Waals surface area contributed by atoms with E-state index in [0.29, 0.717) is 24.1 Å². The van der Waals surface area contributed by atoms with E-state index in [2.05, 4.69) is 10.6 Å². The summed E-state index contributed by atoms with van der Waals surface area (Å²) in [4.78, 5) is 22.9. The maximum Gasteiger partial charge on any atom is 0.319 e. The quantitative estimate of drug-likeness (QED) is 0.793. The number of anilines is 1. The SMILES string of the molecule is Cc1c(F)cccc1NC(=O)NCC1(C(=O)O)CCC1. The van der Waals surface area contributed by atoms with E-state index in [1.807, 2.05) is 0 Å². The van der Waals surface area contributed by atoms with Crippen molar-refractivity contribution in [1.82, 2.24) is 5.32 Å². The zero-order chi connectivity index (χ0) is 14.8. The third-order valence-electron chi connectivity index (χ3n) is 3.87. The summed E-state index contributed by atoms with van der Waals surface area (Å²) in [6.07, 6.45) is 2.00. The molecule has 0 aromatic heterocycles. The van der Waals surface area contributed by atoms with Gasteiger partial charge in [0.15, 0.2) is 0 Å². The van der Waals surface area contributed by atoms with Gasteiger partial charge in [0, 0.05) is 17.8 Å². The van der Waals surface area contributed by atoms with Gasteiger partial charge >= 0.3 is 12.0 Å². The summed E-state index contributed by atoms with van der Waals surface area (Å²) in [5.74, 6) is -1.28. The molecule has 0 radical (unpaired) electrons. The maximum atomic E-state index is 13.3. The van der Waals surface area contributed by atoms with E-state index < -0.39 is 23.2 Å². The van der Waals surface area contributed by atoms with Gasteiger partial charge in [-0.05, 0) is 31.9 Å². The van der Waals surface area contributed by atoms with Crippen LogP contribution in [0.3, 0.4) is 0 Å². The van der Waals surface area contributed by atoms with Crippen LogP contribution in [-0.2, 0) is 4.79 Å². The number of halogens is 1. The van der Waals surface area contributed by atoms with E-state index in [9.17, 15) is 14.0 Å². The van der Waals surface area contributed by atoms with Crippen molar-refractivity contribution < 1.29 is 19.1 Å². The number of rotatable bonds is 4. The lowest BCUT2D eigenvalue weighted by atomic mass is 9.69. The normalized spacial score (nSPS) is 16.1. The summed E-state index contributed by atoms with van der Waals surface area (Å²) in [6, 6.07) is 3.88. The topological polar surface area (TPSA) is 78.4 Å². The Bertz CT molecular complexity index is 541. The summed E-state index contributed by atoms with van der Waals surface area (Å²) >= 11 is 0. The van der Waals surface area contributed by atoms with E-state index in [-0.39, 0.29) is 6.54 Å². The minimum Gasteiger partial charge on any atom is -0.481 e. The number of carboxylic acid groups (broad SMARTS) is 1. The first-order chi connectivity index (χ1) is 9.44. The molecule has 1 aliphatic carbocycles. The Balaban J connectivity index is 1.93. The minimum absolute atomic E-state index is 0.0858. The third kappa shape index (κ3) is 2.74. The second kappa shape index (κ2) is 5.48. The molecule has 1 aromatic rings. The van der Waals surface area contributed by atoms with E-state index in [4.69, 9.17) is 5.11 Å². The largest absolute Gasteiger partial charge is 0.481 e. The van der Waals surface area contributed by atoms with Crippen LogP contribution in [0.15, 0.2) is 18.2 Å². The zero-order valence-electron chi connectivity index (χ0n) is 11.2. The number of aliphatic carboxylic acids is 1. The van der Waals surface area contributed by atoms with E-state index in [0.717, 1.165) is 6.42 Å². The molecule has 1 aliphatic rings. The van der Waals surface area contributed by atoms with Crippen LogP contribution in [0.5, 0.6) is 0 Å². The van der Waals surface area contributed by atoms with Crippen molar-refractivity contribution in [3.05, 3.63) is 29.6 Å². The van der Waals surface area contributed by atoms with Crippen molar-refractivity contribution in [1.29, 1.82) is 0 Å². The van der Waals surface area contributed by atoms with Crippen LogP contribution in [0.4, 0.5) is 14.9 Å². The summed E-state index contributed by atoms with van der Waals surface area (Å²) < 4.78 is 13.3. The van der Waals surface area contributed by atoms with Crippen LogP contribution in [0.25, 0.3) is 0 Å². The molecule has 6 heteroatoms. The number of nitrogens with one attached hydrogen (secondary N) is 2. The molecule has 0 unspecified atom stereocenters. The van der Waals surface area contributed by atoms with Crippen LogP contribution in [-0.4, -0.2) is 23.7 Å². The van der Waals surface area contributed by atoms with Crippen LogP contribution in [0, 0.1) is 18.2 Å². The molecule has 3 N–H and O–H groups in total. The first-order valence-corrected chi connectivity index (χ1v) is 6.48. The highest BCUT2D eigenvalue weighted by Crippen LogP contribution is 2.40. The number of hydrogen-bond donors (Lipinski definition) is 3. The zero-order valence-corrected chi connectivity index (χ0v) is 11.2. The fourth-order valence-corrected chi connectivity index (χ4v) is 2.23. The van der Waals surface area contributed by atoms with Gasteiger partial charge in [-0.25, -0.2) is 9.18 Å². The molecule has 2 rings (SSSR count). The van der Waals surface area contributed by atoms with Crippen molar-refractivity contribution in [2.75, 3.05) is 11.9 Å².